The van der Waals surface area contributed by atoms with E-state index < -0.39 is 0 Å². The Balaban J connectivity index is 2.50. The number of benzene rings is 1. The SMILES string of the molecule is COCCC(CNC(C)C)Cc1ccc(C)cc1. The van der Waals surface area contributed by atoms with Crippen LogP contribution in [0.25, 0.3) is 0 Å². The van der Waals surface area contributed by atoms with Gasteiger partial charge in [0, 0.05) is 19.8 Å². The lowest BCUT2D eigenvalue weighted by Crippen LogP contribution is -2.30. The van der Waals surface area contributed by atoms with Crippen LogP contribution in [0.5, 0.6) is 0 Å². The fourth-order valence-corrected chi connectivity index (χ4v) is 2.02. The molecule has 1 aromatic carbocycles. The summed E-state index contributed by atoms with van der Waals surface area (Å²) in [6.07, 6.45) is 2.24. The van der Waals surface area contributed by atoms with E-state index in [-0.39, 0.29) is 0 Å². The molecule has 0 heterocycles. The van der Waals surface area contributed by atoms with Crippen molar-refractivity contribution in [3.8, 4) is 0 Å². The molecule has 102 valence electrons. The first-order valence-corrected chi connectivity index (χ1v) is 6.89. The average molecular weight is 249 g/mol. The molecule has 0 fully saturated rings. The van der Waals surface area contributed by atoms with Crippen molar-refractivity contribution in [2.75, 3.05) is 20.3 Å². The maximum Gasteiger partial charge on any atom is 0.0465 e. The number of hydrogen-bond donors (Lipinski definition) is 1. The second kappa shape index (κ2) is 8.28. The Morgan fingerprint density at radius 1 is 1.17 bits per heavy atom. The molecular weight excluding hydrogens is 222 g/mol. The molecule has 1 N–H and O–H groups in total. The van der Waals surface area contributed by atoms with Crippen molar-refractivity contribution < 1.29 is 4.74 Å². The van der Waals surface area contributed by atoms with E-state index in [1.165, 1.54) is 11.1 Å². The quantitative estimate of drug-likeness (QED) is 0.764. The van der Waals surface area contributed by atoms with Crippen molar-refractivity contribution in [3.05, 3.63) is 35.4 Å². The zero-order valence-corrected chi connectivity index (χ0v) is 12.2. The van der Waals surface area contributed by atoms with Crippen LogP contribution in [0.15, 0.2) is 24.3 Å². The lowest BCUT2D eigenvalue weighted by atomic mass is 9.95. The number of ether oxygens (including phenoxy) is 1. The van der Waals surface area contributed by atoms with Gasteiger partial charge < -0.3 is 10.1 Å². The number of hydrogen-bond acceptors (Lipinski definition) is 2. The highest BCUT2D eigenvalue weighted by atomic mass is 16.5. The third kappa shape index (κ3) is 6.18. The van der Waals surface area contributed by atoms with Crippen LogP contribution in [0, 0.1) is 12.8 Å². The molecule has 1 atom stereocenters. The lowest BCUT2D eigenvalue weighted by molar-refractivity contribution is 0.175. The first kappa shape index (κ1) is 15.2. The molecule has 0 aliphatic carbocycles. The van der Waals surface area contributed by atoms with Crippen LogP contribution in [-0.4, -0.2) is 26.3 Å². The van der Waals surface area contributed by atoms with E-state index in [9.17, 15) is 0 Å². The highest BCUT2D eigenvalue weighted by Gasteiger charge is 2.10. The van der Waals surface area contributed by atoms with Gasteiger partial charge in [-0.3, -0.25) is 0 Å². The molecule has 1 unspecified atom stereocenters. The van der Waals surface area contributed by atoms with Gasteiger partial charge in [0.1, 0.15) is 0 Å². The molecule has 18 heavy (non-hydrogen) atoms. The Hall–Kier alpha value is -0.860. The zero-order valence-electron chi connectivity index (χ0n) is 12.2. The average Bonchev–Trinajstić information content (AvgIpc) is 2.35. The molecule has 1 rings (SSSR count). The monoisotopic (exact) mass is 249 g/mol. The van der Waals surface area contributed by atoms with Crippen molar-refractivity contribution in [1.29, 1.82) is 0 Å². The summed E-state index contributed by atoms with van der Waals surface area (Å²) in [6, 6.07) is 9.42. The Morgan fingerprint density at radius 2 is 1.83 bits per heavy atom. The van der Waals surface area contributed by atoms with E-state index in [2.05, 4.69) is 50.4 Å². The van der Waals surface area contributed by atoms with Gasteiger partial charge in [0.05, 0.1) is 0 Å². The summed E-state index contributed by atoms with van der Waals surface area (Å²) in [6.45, 7) is 8.43. The minimum Gasteiger partial charge on any atom is -0.385 e. The molecule has 1 aromatic rings. The van der Waals surface area contributed by atoms with Crippen LogP contribution in [0.1, 0.15) is 31.4 Å². The third-order valence-corrected chi connectivity index (χ3v) is 3.19. The Labute approximate surface area is 112 Å². The van der Waals surface area contributed by atoms with Gasteiger partial charge in [0.2, 0.25) is 0 Å². The molecule has 0 aliphatic rings. The first-order chi connectivity index (χ1) is 8.61. The van der Waals surface area contributed by atoms with Gasteiger partial charge in [-0.05, 0) is 37.8 Å². The fraction of sp³-hybridized carbons (Fsp3) is 0.625. The van der Waals surface area contributed by atoms with Crippen LogP contribution >= 0.6 is 0 Å². The van der Waals surface area contributed by atoms with Crippen molar-refractivity contribution >= 4 is 0 Å². The molecule has 0 saturated carbocycles. The molecule has 0 aromatic heterocycles. The van der Waals surface area contributed by atoms with Gasteiger partial charge in [-0.15, -0.1) is 0 Å². The van der Waals surface area contributed by atoms with Crippen LogP contribution in [-0.2, 0) is 11.2 Å². The highest BCUT2D eigenvalue weighted by molar-refractivity contribution is 5.21. The molecule has 2 nitrogen and oxygen atoms in total. The van der Waals surface area contributed by atoms with E-state index >= 15 is 0 Å². The summed E-state index contributed by atoms with van der Waals surface area (Å²) in [7, 11) is 1.78. The standard InChI is InChI=1S/C16H27NO/c1-13(2)17-12-16(9-10-18-4)11-15-7-5-14(3)6-8-15/h5-8,13,16-17H,9-12H2,1-4H3. The Bertz CT molecular complexity index is 318. The molecule has 0 amide bonds. The molecule has 0 aliphatic heterocycles. The number of nitrogens with one attached hydrogen (secondary N) is 1. The van der Waals surface area contributed by atoms with Crippen molar-refractivity contribution in [3.63, 3.8) is 0 Å². The first-order valence-electron chi connectivity index (χ1n) is 6.89. The maximum atomic E-state index is 5.21. The summed E-state index contributed by atoms with van der Waals surface area (Å²) >= 11 is 0. The molecule has 0 bridgehead atoms. The maximum absolute atomic E-state index is 5.21. The van der Waals surface area contributed by atoms with E-state index in [4.69, 9.17) is 4.74 Å². The fourth-order valence-electron chi connectivity index (χ4n) is 2.02. The number of methoxy groups -OCH3 is 1. The molecule has 0 radical (unpaired) electrons. The van der Waals surface area contributed by atoms with Crippen LogP contribution in [0.4, 0.5) is 0 Å². The van der Waals surface area contributed by atoms with Crippen molar-refractivity contribution in [2.45, 2.75) is 39.7 Å². The lowest BCUT2D eigenvalue weighted by Gasteiger charge is -2.19. The smallest absolute Gasteiger partial charge is 0.0465 e. The third-order valence-electron chi connectivity index (χ3n) is 3.19. The van der Waals surface area contributed by atoms with Crippen LogP contribution in [0.3, 0.4) is 0 Å². The van der Waals surface area contributed by atoms with E-state index in [0.29, 0.717) is 12.0 Å². The predicted molar refractivity (Wildman–Crippen MR) is 78.0 cm³/mol. The van der Waals surface area contributed by atoms with Crippen molar-refractivity contribution in [2.24, 2.45) is 5.92 Å². The van der Waals surface area contributed by atoms with Gasteiger partial charge in [-0.2, -0.15) is 0 Å². The second-order valence-corrected chi connectivity index (χ2v) is 5.40. The second-order valence-electron chi connectivity index (χ2n) is 5.40. The molecular formula is C16H27NO. The minimum atomic E-state index is 0.549. The van der Waals surface area contributed by atoms with Crippen molar-refractivity contribution in [1.82, 2.24) is 5.32 Å². The van der Waals surface area contributed by atoms with Crippen LogP contribution < -0.4 is 5.32 Å². The summed E-state index contributed by atoms with van der Waals surface area (Å²) in [4.78, 5) is 0. The summed E-state index contributed by atoms with van der Waals surface area (Å²) in [5.41, 5.74) is 2.75. The molecule has 2 heteroatoms. The summed E-state index contributed by atoms with van der Waals surface area (Å²) < 4.78 is 5.21. The van der Waals surface area contributed by atoms with Gasteiger partial charge >= 0.3 is 0 Å². The van der Waals surface area contributed by atoms with E-state index in [1.54, 1.807) is 7.11 Å². The highest BCUT2D eigenvalue weighted by Crippen LogP contribution is 2.13. The van der Waals surface area contributed by atoms with Gasteiger partial charge in [0.15, 0.2) is 0 Å². The largest absolute Gasteiger partial charge is 0.385 e. The number of rotatable bonds is 8. The molecule has 0 saturated heterocycles. The predicted octanol–water partition coefficient (Wildman–Crippen LogP) is 3.19. The van der Waals surface area contributed by atoms with E-state index in [1.807, 2.05) is 0 Å². The van der Waals surface area contributed by atoms with Crippen LogP contribution in [0.2, 0.25) is 0 Å². The van der Waals surface area contributed by atoms with Gasteiger partial charge in [-0.25, -0.2) is 0 Å². The van der Waals surface area contributed by atoms with Gasteiger partial charge in [0.25, 0.3) is 0 Å². The molecule has 0 spiro atoms. The summed E-state index contributed by atoms with van der Waals surface area (Å²) in [5, 5.41) is 3.53. The minimum absolute atomic E-state index is 0.549. The van der Waals surface area contributed by atoms with E-state index in [0.717, 1.165) is 26.0 Å². The topological polar surface area (TPSA) is 21.3 Å². The summed E-state index contributed by atoms with van der Waals surface area (Å²) in [5.74, 6) is 0.648. The van der Waals surface area contributed by atoms with Gasteiger partial charge in [-0.1, -0.05) is 43.7 Å². The normalized spacial score (nSPS) is 12.9. The Kier molecular flexibility index (Phi) is 6.99. The number of aryl methyl sites for hydroxylation is 1. The Morgan fingerprint density at radius 3 is 2.39 bits per heavy atom. The zero-order chi connectivity index (χ0) is 13.4.